The number of nitrogen functional groups attached to an aromatic ring is 1. The number of pyridine rings is 1. The monoisotopic (exact) mass is 321 g/mol. The van der Waals surface area contributed by atoms with Gasteiger partial charge in [-0.15, -0.1) is 0 Å². The first-order valence-electron chi connectivity index (χ1n) is 6.49. The van der Waals surface area contributed by atoms with Crippen LogP contribution in [0.3, 0.4) is 0 Å². The number of amides is 1. The van der Waals surface area contributed by atoms with Gasteiger partial charge in [0, 0.05) is 11.6 Å². The Labute approximate surface area is 133 Å². The zero-order valence-electron chi connectivity index (χ0n) is 11.4. The summed E-state index contributed by atoms with van der Waals surface area (Å²) in [5.74, 6) is 0.326. The molecule has 0 aliphatic rings. The first-order valence-corrected chi connectivity index (χ1v) is 7.85. The molecule has 2 rings (SSSR count). The fourth-order valence-electron chi connectivity index (χ4n) is 1.71. The van der Waals surface area contributed by atoms with E-state index in [4.69, 9.17) is 17.3 Å². The first-order chi connectivity index (χ1) is 10.1. The number of halogens is 1. The summed E-state index contributed by atoms with van der Waals surface area (Å²) in [6.07, 6.45) is 2.34. The molecule has 0 bridgehead atoms. The standard InChI is InChI=1S/C15H16ClN3OS/c16-12-3-1-2-11(8-12)6-7-18-14(20)10-21-15-5-4-13(17)9-19-15/h1-5,8-9H,6-7,10,17H2,(H,18,20). The molecule has 0 saturated heterocycles. The largest absolute Gasteiger partial charge is 0.397 e. The van der Waals surface area contributed by atoms with Gasteiger partial charge < -0.3 is 11.1 Å². The number of carbonyl (C=O) groups excluding carboxylic acids is 1. The molecule has 110 valence electrons. The van der Waals surface area contributed by atoms with Crippen LogP contribution < -0.4 is 11.1 Å². The van der Waals surface area contributed by atoms with Gasteiger partial charge in [-0.25, -0.2) is 4.98 Å². The average molecular weight is 322 g/mol. The predicted molar refractivity (Wildman–Crippen MR) is 87.5 cm³/mol. The van der Waals surface area contributed by atoms with E-state index in [9.17, 15) is 4.79 Å². The summed E-state index contributed by atoms with van der Waals surface area (Å²) in [6, 6.07) is 11.2. The van der Waals surface area contributed by atoms with E-state index in [0.29, 0.717) is 23.0 Å². The van der Waals surface area contributed by atoms with Gasteiger partial charge >= 0.3 is 0 Å². The van der Waals surface area contributed by atoms with Crippen LogP contribution in [0.4, 0.5) is 5.69 Å². The van der Waals surface area contributed by atoms with Crippen LogP contribution >= 0.6 is 23.4 Å². The summed E-state index contributed by atoms with van der Waals surface area (Å²) < 4.78 is 0. The number of benzene rings is 1. The van der Waals surface area contributed by atoms with Crippen LogP contribution in [-0.2, 0) is 11.2 Å². The molecule has 2 aromatic rings. The van der Waals surface area contributed by atoms with Gasteiger partial charge in [0.2, 0.25) is 5.91 Å². The number of hydrogen-bond donors (Lipinski definition) is 2. The second-order valence-electron chi connectivity index (χ2n) is 4.45. The maximum atomic E-state index is 11.7. The van der Waals surface area contributed by atoms with Crippen LogP contribution in [0.15, 0.2) is 47.6 Å². The normalized spacial score (nSPS) is 10.3. The lowest BCUT2D eigenvalue weighted by molar-refractivity contribution is -0.118. The second kappa shape index (κ2) is 7.90. The number of anilines is 1. The minimum Gasteiger partial charge on any atom is -0.397 e. The van der Waals surface area contributed by atoms with Gasteiger partial charge in [0.25, 0.3) is 0 Å². The van der Waals surface area contributed by atoms with Crippen molar-refractivity contribution in [3.63, 3.8) is 0 Å². The third kappa shape index (κ3) is 5.65. The molecule has 3 N–H and O–H groups in total. The van der Waals surface area contributed by atoms with Crippen molar-refractivity contribution in [1.29, 1.82) is 0 Å². The van der Waals surface area contributed by atoms with Crippen LogP contribution in [-0.4, -0.2) is 23.2 Å². The maximum Gasteiger partial charge on any atom is 0.230 e. The van der Waals surface area contributed by atoms with Gasteiger partial charge in [-0.1, -0.05) is 35.5 Å². The molecule has 0 atom stereocenters. The van der Waals surface area contributed by atoms with Gasteiger partial charge in [-0.2, -0.15) is 0 Å². The Kier molecular flexibility index (Phi) is 5.90. The Morgan fingerprint density at radius 2 is 2.19 bits per heavy atom. The highest BCUT2D eigenvalue weighted by molar-refractivity contribution is 7.99. The third-order valence-electron chi connectivity index (χ3n) is 2.74. The topological polar surface area (TPSA) is 68.0 Å². The zero-order chi connectivity index (χ0) is 15.1. The van der Waals surface area contributed by atoms with E-state index in [-0.39, 0.29) is 5.91 Å². The van der Waals surface area contributed by atoms with Crippen molar-refractivity contribution in [2.24, 2.45) is 0 Å². The molecule has 0 spiro atoms. The molecule has 0 fully saturated rings. The summed E-state index contributed by atoms with van der Waals surface area (Å²) in [4.78, 5) is 15.9. The fourth-order valence-corrected chi connectivity index (χ4v) is 2.59. The molecular formula is C15H16ClN3OS. The van der Waals surface area contributed by atoms with E-state index in [2.05, 4.69) is 10.3 Å². The molecule has 1 amide bonds. The minimum absolute atomic E-state index is 0.0133. The van der Waals surface area contributed by atoms with E-state index in [1.807, 2.05) is 24.3 Å². The van der Waals surface area contributed by atoms with E-state index in [1.165, 1.54) is 11.8 Å². The van der Waals surface area contributed by atoms with Crippen molar-refractivity contribution in [3.8, 4) is 0 Å². The van der Waals surface area contributed by atoms with Crippen LogP contribution in [0.1, 0.15) is 5.56 Å². The van der Waals surface area contributed by atoms with Crippen molar-refractivity contribution >= 4 is 35.0 Å². The molecule has 0 aliphatic carbocycles. The summed E-state index contributed by atoms with van der Waals surface area (Å²) >= 11 is 7.29. The van der Waals surface area contributed by atoms with Crippen molar-refractivity contribution in [2.75, 3.05) is 18.0 Å². The van der Waals surface area contributed by atoms with Crippen LogP contribution in [0.25, 0.3) is 0 Å². The molecule has 21 heavy (non-hydrogen) atoms. The molecule has 0 radical (unpaired) electrons. The number of nitrogens with zero attached hydrogens (tertiary/aromatic N) is 1. The maximum absolute atomic E-state index is 11.7. The molecule has 0 unspecified atom stereocenters. The second-order valence-corrected chi connectivity index (χ2v) is 5.88. The number of carbonyl (C=O) groups is 1. The molecule has 4 nitrogen and oxygen atoms in total. The molecule has 6 heteroatoms. The van der Waals surface area contributed by atoms with Crippen LogP contribution in [0.2, 0.25) is 5.02 Å². The minimum atomic E-state index is -0.0133. The highest BCUT2D eigenvalue weighted by Crippen LogP contribution is 2.15. The number of thioether (sulfide) groups is 1. The zero-order valence-corrected chi connectivity index (χ0v) is 13.0. The Morgan fingerprint density at radius 3 is 2.90 bits per heavy atom. The van der Waals surface area contributed by atoms with Gasteiger partial charge in [0.05, 0.1) is 22.7 Å². The number of rotatable bonds is 6. The summed E-state index contributed by atoms with van der Waals surface area (Å²) in [7, 11) is 0. The van der Waals surface area contributed by atoms with Crippen LogP contribution in [0.5, 0.6) is 0 Å². The van der Waals surface area contributed by atoms with Crippen LogP contribution in [0, 0.1) is 0 Å². The lowest BCUT2D eigenvalue weighted by Crippen LogP contribution is -2.27. The number of nitrogens with two attached hydrogens (primary N) is 1. The van der Waals surface area contributed by atoms with Gasteiger partial charge in [0.15, 0.2) is 0 Å². The Morgan fingerprint density at radius 1 is 1.33 bits per heavy atom. The third-order valence-corrected chi connectivity index (χ3v) is 3.91. The quantitative estimate of drug-likeness (QED) is 0.803. The Bertz CT molecular complexity index is 604. The number of hydrogen-bond acceptors (Lipinski definition) is 4. The van der Waals surface area contributed by atoms with Crippen molar-refractivity contribution < 1.29 is 4.79 Å². The van der Waals surface area contributed by atoms with Gasteiger partial charge in [-0.3, -0.25) is 4.79 Å². The molecule has 1 heterocycles. The van der Waals surface area contributed by atoms with Gasteiger partial charge in [0.1, 0.15) is 0 Å². The van der Waals surface area contributed by atoms with E-state index < -0.39 is 0 Å². The summed E-state index contributed by atoms with van der Waals surface area (Å²) in [6.45, 7) is 0.592. The number of nitrogens with one attached hydrogen (secondary N) is 1. The Hall–Kier alpha value is -1.72. The molecule has 1 aromatic carbocycles. The molecule has 0 saturated carbocycles. The summed E-state index contributed by atoms with van der Waals surface area (Å²) in [5.41, 5.74) is 7.28. The van der Waals surface area contributed by atoms with E-state index in [0.717, 1.165) is 17.0 Å². The summed E-state index contributed by atoms with van der Waals surface area (Å²) in [5, 5.41) is 4.38. The average Bonchev–Trinajstić information content (AvgIpc) is 2.47. The lowest BCUT2D eigenvalue weighted by atomic mass is 10.1. The highest BCUT2D eigenvalue weighted by Gasteiger charge is 2.03. The van der Waals surface area contributed by atoms with Crippen molar-refractivity contribution in [3.05, 3.63) is 53.2 Å². The van der Waals surface area contributed by atoms with Crippen molar-refractivity contribution in [2.45, 2.75) is 11.4 Å². The smallest absolute Gasteiger partial charge is 0.230 e. The van der Waals surface area contributed by atoms with Crippen molar-refractivity contribution in [1.82, 2.24) is 10.3 Å². The first kappa shape index (κ1) is 15.7. The molecule has 1 aromatic heterocycles. The molecule has 0 aliphatic heterocycles. The Balaban J connectivity index is 1.69. The van der Waals surface area contributed by atoms with E-state index >= 15 is 0 Å². The lowest BCUT2D eigenvalue weighted by Gasteiger charge is -2.05. The fraction of sp³-hybridized carbons (Fsp3) is 0.200. The molecular weight excluding hydrogens is 306 g/mol. The highest BCUT2D eigenvalue weighted by atomic mass is 35.5. The SMILES string of the molecule is Nc1ccc(SCC(=O)NCCc2cccc(Cl)c2)nc1. The van der Waals surface area contributed by atoms with Gasteiger partial charge in [-0.05, 0) is 36.2 Å². The predicted octanol–water partition coefficient (Wildman–Crippen LogP) is 2.77. The van der Waals surface area contributed by atoms with E-state index in [1.54, 1.807) is 18.3 Å². The number of aromatic nitrogens is 1.